The van der Waals surface area contributed by atoms with E-state index in [2.05, 4.69) is 10.2 Å². The zero-order chi connectivity index (χ0) is 12.4. The molecule has 3 aliphatic rings. The molecule has 96 valence electrons. The minimum absolute atomic E-state index is 0.0659. The monoisotopic (exact) mass is 246 g/mol. The van der Waals surface area contributed by atoms with E-state index in [1.165, 1.54) is 0 Å². The summed E-state index contributed by atoms with van der Waals surface area (Å²) in [6, 6.07) is 9.42. The topological polar surface area (TPSA) is 41.6 Å². The van der Waals surface area contributed by atoms with E-state index in [0.29, 0.717) is 5.92 Å². The number of ether oxygens (including phenoxy) is 1. The SMILES string of the molecule is O=C(Nc1ccccc1)O[C@H]1CN2CCC1CC2. The molecular weight excluding hydrogens is 228 g/mol. The average Bonchev–Trinajstić information content (AvgIpc) is 2.41. The number of nitrogens with zero attached hydrogens (tertiary/aromatic N) is 1. The Morgan fingerprint density at radius 1 is 1.22 bits per heavy atom. The van der Waals surface area contributed by atoms with Crippen LogP contribution in [0.2, 0.25) is 0 Å². The van der Waals surface area contributed by atoms with Crippen molar-refractivity contribution in [3.63, 3.8) is 0 Å². The van der Waals surface area contributed by atoms with E-state index < -0.39 is 0 Å². The maximum atomic E-state index is 11.8. The van der Waals surface area contributed by atoms with Gasteiger partial charge >= 0.3 is 6.09 Å². The summed E-state index contributed by atoms with van der Waals surface area (Å²) in [5, 5.41) is 2.77. The van der Waals surface area contributed by atoms with E-state index >= 15 is 0 Å². The van der Waals surface area contributed by atoms with Gasteiger partial charge in [0.2, 0.25) is 0 Å². The molecule has 3 fully saturated rings. The molecule has 1 atom stereocenters. The van der Waals surface area contributed by atoms with Crippen molar-refractivity contribution in [2.45, 2.75) is 18.9 Å². The van der Waals surface area contributed by atoms with Crippen molar-refractivity contribution in [2.75, 3.05) is 25.0 Å². The van der Waals surface area contributed by atoms with Gasteiger partial charge in [-0.3, -0.25) is 10.2 Å². The number of hydrogen-bond acceptors (Lipinski definition) is 3. The highest BCUT2D eigenvalue weighted by atomic mass is 16.6. The van der Waals surface area contributed by atoms with Gasteiger partial charge in [-0.15, -0.1) is 0 Å². The van der Waals surface area contributed by atoms with Crippen molar-refractivity contribution in [1.82, 2.24) is 4.90 Å². The van der Waals surface area contributed by atoms with Crippen LogP contribution in [0.15, 0.2) is 30.3 Å². The maximum Gasteiger partial charge on any atom is 0.411 e. The second kappa shape index (κ2) is 4.98. The van der Waals surface area contributed by atoms with Crippen LogP contribution in [0.25, 0.3) is 0 Å². The highest BCUT2D eigenvalue weighted by Crippen LogP contribution is 2.29. The molecular formula is C14H18N2O2. The first-order chi connectivity index (χ1) is 8.81. The molecule has 2 bridgehead atoms. The summed E-state index contributed by atoms with van der Waals surface area (Å²) >= 11 is 0. The Hall–Kier alpha value is -1.55. The molecule has 0 unspecified atom stereocenters. The number of hydrogen-bond donors (Lipinski definition) is 1. The first kappa shape index (κ1) is 11.5. The first-order valence-electron chi connectivity index (χ1n) is 6.56. The number of piperidine rings is 3. The fourth-order valence-corrected chi connectivity index (χ4v) is 2.85. The molecule has 4 heteroatoms. The lowest BCUT2D eigenvalue weighted by Gasteiger charge is -2.43. The second-order valence-corrected chi connectivity index (χ2v) is 5.07. The molecule has 0 aliphatic carbocycles. The zero-order valence-electron chi connectivity index (χ0n) is 10.3. The Morgan fingerprint density at radius 2 is 1.94 bits per heavy atom. The lowest BCUT2D eigenvalue weighted by Crippen LogP contribution is -2.52. The maximum absolute atomic E-state index is 11.8. The molecule has 0 saturated carbocycles. The lowest BCUT2D eigenvalue weighted by atomic mass is 9.86. The largest absolute Gasteiger partial charge is 0.444 e. The summed E-state index contributed by atoms with van der Waals surface area (Å²) in [7, 11) is 0. The Bertz CT molecular complexity index is 413. The number of benzene rings is 1. The molecule has 1 N–H and O–H groups in total. The van der Waals surface area contributed by atoms with Crippen LogP contribution in [0, 0.1) is 5.92 Å². The van der Waals surface area contributed by atoms with Crippen LogP contribution in [0.3, 0.4) is 0 Å². The molecule has 3 saturated heterocycles. The minimum Gasteiger partial charge on any atom is -0.444 e. The van der Waals surface area contributed by atoms with Crippen LogP contribution in [0.4, 0.5) is 10.5 Å². The van der Waals surface area contributed by atoms with Gasteiger partial charge < -0.3 is 4.74 Å². The lowest BCUT2D eigenvalue weighted by molar-refractivity contribution is -0.0289. The van der Waals surface area contributed by atoms with Crippen LogP contribution in [-0.2, 0) is 4.74 Å². The predicted octanol–water partition coefficient (Wildman–Crippen LogP) is 2.33. The van der Waals surface area contributed by atoms with Crippen molar-refractivity contribution in [1.29, 1.82) is 0 Å². The fourth-order valence-electron chi connectivity index (χ4n) is 2.85. The number of carbonyl (C=O) groups excluding carboxylic acids is 1. The Morgan fingerprint density at radius 3 is 2.56 bits per heavy atom. The normalized spacial score (nSPS) is 29.9. The van der Waals surface area contributed by atoms with E-state index in [1.54, 1.807) is 0 Å². The van der Waals surface area contributed by atoms with Gasteiger partial charge in [-0.2, -0.15) is 0 Å². The minimum atomic E-state index is -0.333. The number of amides is 1. The number of para-hydroxylation sites is 1. The molecule has 18 heavy (non-hydrogen) atoms. The number of carbonyl (C=O) groups is 1. The van der Waals surface area contributed by atoms with E-state index in [9.17, 15) is 4.79 Å². The smallest absolute Gasteiger partial charge is 0.411 e. The number of nitrogens with one attached hydrogen (secondary N) is 1. The Balaban J connectivity index is 1.55. The second-order valence-electron chi connectivity index (χ2n) is 5.07. The van der Waals surface area contributed by atoms with Gasteiger partial charge in [-0.1, -0.05) is 18.2 Å². The van der Waals surface area contributed by atoms with Crippen LogP contribution in [-0.4, -0.2) is 36.7 Å². The summed E-state index contributed by atoms with van der Waals surface area (Å²) in [4.78, 5) is 14.2. The van der Waals surface area contributed by atoms with Crippen molar-refractivity contribution in [3.05, 3.63) is 30.3 Å². The average molecular weight is 246 g/mol. The molecule has 1 amide bonds. The summed E-state index contributed by atoms with van der Waals surface area (Å²) in [5.41, 5.74) is 0.781. The van der Waals surface area contributed by atoms with E-state index in [4.69, 9.17) is 4.74 Å². The summed E-state index contributed by atoms with van der Waals surface area (Å²) in [6.07, 6.45) is 2.04. The van der Waals surface area contributed by atoms with Crippen molar-refractivity contribution >= 4 is 11.8 Å². The van der Waals surface area contributed by atoms with Gasteiger partial charge in [0, 0.05) is 12.2 Å². The summed E-state index contributed by atoms with van der Waals surface area (Å²) in [5.74, 6) is 0.552. The molecule has 4 nitrogen and oxygen atoms in total. The zero-order valence-corrected chi connectivity index (χ0v) is 10.3. The molecule has 0 spiro atoms. The summed E-state index contributed by atoms with van der Waals surface area (Å²) < 4.78 is 5.54. The van der Waals surface area contributed by atoms with E-state index in [1.807, 2.05) is 30.3 Å². The molecule has 3 heterocycles. The third kappa shape index (κ3) is 2.48. The van der Waals surface area contributed by atoms with Gasteiger partial charge in [0.15, 0.2) is 0 Å². The molecule has 4 rings (SSSR count). The highest BCUT2D eigenvalue weighted by molar-refractivity contribution is 5.84. The van der Waals surface area contributed by atoms with Crippen molar-refractivity contribution in [2.24, 2.45) is 5.92 Å². The molecule has 1 aromatic carbocycles. The van der Waals surface area contributed by atoms with Gasteiger partial charge in [0.1, 0.15) is 6.10 Å². The third-order valence-corrected chi connectivity index (χ3v) is 3.87. The molecule has 0 aromatic heterocycles. The van der Waals surface area contributed by atoms with Crippen LogP contribution < -0.4 is 5.32 Å². The third-order valence-electron chi connectivity index (χ3n) is 3.87. The first-order valence-corrected chi connectivity index (χ1v) is 6.56. The number of rotatable bonds is 2. The Kier molecular flexibility index (Phi) is 3.19. The molecule has 1 aromatic rings. The molecule has 0 radical (unpaired) electrons. The van der Waals surface area contributed by atoms with Crippen molar-refractivity contribution < 1.29 is 9.53 Å². The van der Waals surface area contributed by atoms with Gasteiger partial charge in [0.25, 0.3) is 0 Å². The van der Waals surface area contributed by atoms with E-state index in [0.717, 1.165) is 38.2 Å². The van der Waals surface area contributed by atoms with Crippen LogP contribution in [0.5, 0.6) is 0 Å². The van der Waals surface area contributed by atoms with Crippen molar-refractivity contribution in [3.8, 4) is 0 Å². The Labute approximate surface area is 107 Å². The number of anilines is 1. The number of fused-ring (bicyclic) bond motifs is 3. The quantitative estimate of drug-likeness (QED) is 0.870. The molecule has 3 aliphatic heterocycles. The highest BCUT2D eigenvalue weighted by Gasteiger charge is 2.36. The van der Waals surface area contributed by atoms with Crippen LogP contribution >= 0.6 is 0 Å². The van der Waals surface area contributed by atoms with Gasteiger partial charge in [0.05, 0.1) is 0 Å². The summed E-state index contributed by atoms with van der Waals surface area (Å²) in [6.45, 7) is 3.21. The van der Waals surface area contributed by atoms with Gasteiger partial charge in [-0.05, 0) is 44.0 Å². The predicted molar refractivity (Wildman–Crippen MR) is 69.5 cm³/mol. The van der Waals surface area contributed by atoms with Crippen LogP contribution in [0.1, 0.15) is 12.8 Å². The standard InChI is InChI=1S/C14H18N2O2/c17-14(15-12-4-2-1-3-5-12)18-13-10-16-8-6-11(13)7-9-16/h1-5,11,13H,6-10H2,(H,15,17)/t13-/m0/s1. The fraction of sp³-hybridized carbons (Fsp3) is 0.500. The van der Waals surface area contributed by atoms with E-state index in [-0.39, 0.29) is 12.2 Å². The van der Waals surface area contributed by atoms with Gasteiger partial charge in [-0.25, -0.2) is 4.79 Å².